The largest absolute Gasteiger partial charge is 0.541 e. The van der Waals surface area contributed by atoms with Crippen LogP contribution in [0, 0.1) is 24.0 Å². The summed E-state index contributed by atoms with van der Waals surface area (Å²) in [6.45, 7) is 25.9. The summed E-state index contributed by atoms with van der Waals surface area (Å²) in [7, 11) is 2.25. The Hall–Kier alpha value is -3.37. The molecule has 3 aromatic rings. The van der Waals surface area contributed by atoms with E-state index in [9.17, 15) is 10.1 Å². The maximum Gasteiger partial charge on any atom is 0.269 e. The van der Waals surface area contributed by atoms with Crippen LogP contribution in [0.15, 0.2) is 28.9 Å². The SMILES string of the molecule is COc1nc(Br)c(C)c(O[Si](C)(C)C(C)(C)C)c1OC.COc1nc(CCc2ccc([N+](=O)[O-])cc2)c(C)c(O[Si](C)(C)C(C)(C)C)c1OC. The van der Waals surface area contributed by atoms with Crippen molar-refractivity contribution in [3.05, 3.63) is 61.4 Å². The van der Waals surface area contributed by atoms with E-state index in [1.807, 2.05) is 13.8 Å². The number of methoxy groups -OCH3 is 4. The van der Waals surface area contributed by atoms with Crippen LogP contribution in [0.5, 0.6) is 34.8 Å². The molecule has 2 aromatic heterocycles. The van der Waals surface area contributed by atoms with E-state index in [1.54, 1.807) is 40.6 Å². The highest BCUT2D eigenvalue weighted by Crippen LogP contribution is 2.47. The van der Waals surface area contributed by atoms with E-state index in [0.717, 1.165) is 28.1 Å². The topological polar surface area (TPSA) is 124 Å². The fourth-order valence-corrected chi connectivity index (χ4v) is 6.70. The van der Waals surface area contributed by atoms with E-state index in [2.05, 4.69) is 93.6 Å². The molecule has 50 heavy (non-hydrogen) atoms. The second-order valence-electron chi connectivity index (χ2n) is 15.1. The van der Waals surface area contributed by atoms with Crippen LogP contribution >= 0.6 is 15.9 Å². The molecule has 14 heteroatoms. The Morgan fingerprint density at radius 1 is 0.680 bits per heavy atom. The van der Waals surface area contributed by atoms with Gasteiger partial charge in [0.15, 0.2) is 11.5 Å². The molecule has 0 radical (unpaired) electrons. The molecule has 0 spiro atoms. The van der Waals surface area contributed by atoms with Crippen molar-refractivity contribution in [1.82, 2.24) is 9.97 Å². The third-order valence-corrected chi connectivity index (χ3v) is 19.0. The lowest BCUT2D eigenvalue weighted by Crippen LogP contribution is -2.44. The molecule has 2 heterocycles. The van der Waals surface area contributed by atoms with Gasteiger partial charge in [-0.15, -0.1) is 0 Å². The average molecular weight is 795 g/mol. The molecular formula is C36H56BrN3O8Si2. The molecule has 0 aliphatic carbocycles. The average Bonchev–Trinajstić information content (AvgIpc) is 3.02. The summed E-state index contributed by atoms with van der Waals surface area (Å²) in [6.07, 6.45) is 1.35. The Kier molecular flexibility index (Phi) is 14.4. The minimum Gasteiger partial charge on any atom is -0.541 e. The molecule has 0 amide bonds. The molecule has 278 valence electrons. The van der Waals surface area contributed by atoms with Crippen LogP contribution in [0.3, 0.4) is 0 Å². The van der Waals surface area contributed by atoms with Gasteiger partial charge in [0.1, 0.15) is 4.60 Å². The van der Waals surface area contributed by atoms with Gasteiger partial charge in [0, 0.05) is 23.3 Å². The van der Waals surface area contributed by atoms with Gasteiger partial charge in [-0.05, 0) is 84.4 Å². The first-order valence-corrected chi connectivity index (χ1v) is 23.1. The first kappa shape index (κ1) is 42.8. The predicted octanol–water partition coefficient (Wildman–Crippen LogP) is 10.0. The minimum atomic E-state index is -2.11. The van der Waals surface area contributed by atoms with Gasteiger partial charge in [-0.3, -0.25) is 10.1 Å². The number of halogens is 1. The first-order valence-electron chi connectivity index (χ1n) is 16.5. The quantitative estimate of drug-likeness (QED) is 0.0757. The summed E-state index contributed by atoms with van der Waals surface area (Å²) in [5.41, 5.74) is 3.80. The Balaban J connectivity index is 0.000000377. The van der Waals surface area contributed by atoms with Gasteiger partial charge in [-0.1, -0.05) is 53.7 Å². The van der Waals surface area contributed by atoms with Crippen molar-refractivity contribution in [1.29, 1.82) is 0 Å². The molecule has 11 nitrogen and oxygen atoms in total. The predicted molar refractivity (Wildman–Crippen MR) is 208 cm³/mol. The summed E-state index contributed by atoms with van der Waals surface area (Å²) in [4.78, 5) is 19.4. The normalized spacial score (nSPS) is 12.0. The van der Waals surface area contributed by atoms with E-state index < -0.39 is 21.6 Å². The maximum absolute atomic E-state index is 10.8. The van der Waals surface area contributed by atoms with Gasteiger partial charge in [0.05, 0.1) is 39.1 Å². The molecule has 0 atom stereocenters. The highest BCUT2D eigenvalue weighted by atomic mass is 79.9. The molecule has 0 unspecified atom stereocenters. The molecule has 0 aliphatic heterocycles. The van der Waals surface area contributed by atoms with E-state index in [-0.39, 0.29) is 15.8 Å². The number of ether oxygens (including phenoxy) is 4. The van der Waals surface area contributed by atoms with Crippen molar-refractivity contribution < 1.29 is 32.7 Å². The molecule has 0 bridgehead atoms. The van der Waals surface area contributed by atoms with Gasteiger partial charge in [-0.25, -0.2) is 9.97 Å². The lowest BCUT2D eigenvalue weighted by Gasteiger charge is -2.37. The zero-order valence-electron chi connectivity index (χ0n) is 32.7. The third kappa shape index (κ3) is 10.1. The molecular weight excluding hydrogens is 738 g/mol. The molecule has 0 N–H and O–H groups in total. The number of benzene rings is 1. The Morgan fingerprint density at radius 3 is 1.48 bits per heavy atom. The molecule has 0 fully saturated rings. The van der Waals surface area contributed by atoms with Crippen LogP contribution in [0.1, 0.15) is 63.9 Å². The first-order chi connectivity index (χ1) is 23.0. The maximum atomic E-state index is 10.8. The molecule has 0 aliphatic rings. The summed E-state index contributed by atoms with van der Waals surface area (Å²) in [5, 5.41) is 11.0. The monoisotopic (exact) mass is 793 g/mol. The van der Waals surface area contributed by atoms with Gasteiger partial charge in [0.2, 0.25) is 11.5 Å². The van der Waals surface area contributed by atoms with Gasteiger partial charge >= 0.3 is 0 Å². The number of aryl methyl sites for hydroxylation is 2. The lowest BCUT2D eigenvalue weighted by atomic mass is 10.0. The van der Waals surface area contributed by atoms with Crippen LogP contribution in [-0.4, -0.2) is 60.0 Å². The smallest absolute Gasteiger partial charge is 0.269 e. The fourth-order valence-electron chi connectivity index (χ4n) is 4.23. The number of pyridine rings is 2. The third-order valence-electron chi connectivity index (χ3n) is 9.58. The Labute approximate surface area is 308 Å². The summed E-state index contributed by atoms with van der Waals surface area (Å²) >= 11 is 3.45. The van der Waals surface area contributed by atoms with E-state index in [4.69, 9.17) is 27.8 Å². The van der Waals surface area contributed by atoms with Gasteiger partial charge in [0.25, 0.3) is 34.1 Å². The van der Waals surface area contributed by atoms with E-state index in [0.29, 0.717) is 46.5 Å². The van der Waals surface area contributed by atoms with Crippen molar-refractivity contribution in [2.24, 2.45) is 0 Å². The van der Waals surface area contributed by atoms with Crippen LogP contribution < -0.4 is 27.8 Å². The molecule has 0 saturated carbocycles. The minimum absolute atomic E-state index is 0.0277. The summed E-state index contributed by atoms with van der Waals surface area (Å²) < 4.78 is 35.6. The number of non-ortho nitro benzene ring substituents is 1. The second kappa shape index (κ2) is 16.8. The van der Waals surface area contributed by atoms with Crippen molar-refractivity contribution in [2.75, 3.05) is 28.4 Å². The number of aromatic nitrogens is 2. The zero-order chi connectivity index (χ0) is 38.4. The van der Waals surface area contributed by atoms with Crippen molar-refractivity contribution >= 4 is 38.3 Å². The van der Waals surface area contributed by atoms with E-state index in [1.165, 1.54) is 12.1 Å². The van der Waals surface area contributed by atoms with Crippen LogP contribution in [0.2, 0.25) is 36.3 Å². The number of nitrogens with zero attached hydrogens (tertiary/aromatic N) is 3. The van der Waals surface area contributed by atoms with Crippen molar-refractivity contribution in [3.8, 4) is 34.8 Å². The van der Waals surface area contributed by atoms with Gasteiger partial charge < -0.3 is 27.8 Å². The number of hydrogen-bond acceptors (Lipinski definition) is 10. The summed E-state index contributed by atoms with van der Waals surface area (Å²) in [6, 6.07) is 6.61. The highest BCUT2D eigenvalue weighted by Gasteiger charge is 2.41. The highest BCUT2D eigenvalue weighted by molar-refractivity contribution is 9.10. The van der Waals surface area contributed by atoms with Crippen molar-refractivity contribution in [3.63, 3.8) is 0 Å². The standard InChI is InChI=1S/C22H32N2O5Si.C14H24BrNO3Si/c1-15-18(14-11-16-9-12-17(13-10-16)24(25)26)23-21(28-6)20(27-5)19(15)29-30(7,8)22(2,3)4;1-9-10(19-20(7,8)14(2,3)4)11(17-5)13(18-6)16-12(9)15/h9-10,12-13H,11,14H2,1-8H3;1-8H3. The van der Waals surface area contributed by atoms with Crippen LogP contribution in [-0.2, 0) is 12.8 Å². The lowest BCUT2D eigenvalue weighted by molar-refractivity contribution is -0.384. The Bertz CT molecular complexity index is 1640. The Morgan fingerprint density at radius 2 is 1.10 bits per heavy atom. The van der Waals surface area contributed by atoms with Crippen LogP contribution in [0.25, 0.3) is 0 Å². The summed E-state index contributed by atoms with van der Waals surface area (Å²) in [5.74, 6) is 3.30. The van der Waals surface area contributed by atoms with Gasteiger partial charge in [-0.2, -0.15) is 0 Å². The van der Waals surface area contributed by atoms with Crippen molar-refractivity contribution in [2.45, 2.75) is 104 Å². The fraction of sp³-hybridized carbons (Fsp3) is 0.556. The zero-order valence-corrected chi connectivity index (χ0v) is 36.3. The molecule has 1 aromatic carbocycles. The van der Waals surface area contributed by atoms with E-state index >= 15 is 0 Å². The van der Waals surface area contributed by atoms with Crippen LogP contribution in [0.4, 0.5) is 5.69 Å². The number of rotatable bonds is 12. The second-order valence-corrected chi connectivity index (χ2v) is 25.3. The molecule has 3 rings (SSSR count). The number of nitro groups is 1. The number of hydrogen-bond donors (Lipinski definition) is 0. The molecule has 0 saturated heterocycles. The number of nitro benzene ring substituents is 1.